The zero-order valence-corrected chi connectivity index (χ0v) is 41.1. The lowest BCUT2D eigenvalue weighted by molar-refractivity contribution is 1.07. The van der Waals surface area contributed by atoms with Gasteiger partial charge in [-0.2, -0.15) is 0 Å². The normalized spacial score (nSPS) is 11.8. The topological polar surface area (TPSA) is 38.7 Å². The first-order valence-electron chi connectivity index (χ1n) is 23.6. The van der Waals surface area contributed by atoms with Gasteiger partial charge in [-0.1, -0.05) is 339 Å². The van der Waals surface area contributed by atoms with E-state index in [1.165, 1.54) is 41.5 Å². The minimum atomic E-state index is -3.52. The lowest BCUT2D eigenvalue weighted by atomic mass is 10.1. The lowest BCUT2D eigenvalue weighted by Crippen LogP contribution is -3.04. The summed E-state index contributed by atoms with van der Waals surface area (Å²) in [6.45, 7) is 0. The number of hydrogen-bond donors (Lipinski definition) is 0. The fourth-order valence-electron chi connectivity index (χ4n) is 11.2. The first-order chi connectivity index (χ1) is 34.2. The van der Waals surface area contributed by atoms with Crippen molar-refractivity contribution in [3.63, 3.8) is 0 Å². The molecule has 328 valence electrons. The number of rotatable bonds is 13. The third-order valence-electron chi connectivity index (χ3n) is 13.8. The maximum Gasteiger partial charge on any atom is 0.164 e. The van der Waals surface area contributed by atoms with Gasteiger partial charge in [0.1, 0.15) is 22.3 Å². The smallest absolute Gasteiger partial charge is 0.164 e. The summed E-state index contributed by atoms with van der Waals surface area (Å²) in [6.07, 6.45) is 0. The van der Waals surface area contributed by atoms with E-state index in [1.54, 1.807) is 0 Å². The predicted molar refractivity (Wildman–Crippen MR) is 296 cm³/mol. The molecule has 69 heavy (non-hydrogen) atoms. The van der Waals surface area contributed by atoms with Gasteiger partial charge < -0.3 is 0 Å². The number of nitrogens with zero attached hydrogens (tertiary/aromatic N) is 3. The van der Waals surface area contributed by atoms with E-state index in [4.69, 9.17) is 15.0 Å². The van der Waals surface area contributed by atoms with E-state index in [0.29, 0.717) is 17.5 Å². The van der Waals surface area contributed by atoms with Gasteiger partial charge >= 0.3 is 0 Å². The molecule has 0 aliphatic heterocycles. The van der Waals surface area contributed by atoms with Gasteiger partial charge in [0.05, 0.1) is 0 Å². The molecule has 0 aliphatic rings. The Hall–Kier alpha value is -8.14. The van der Waals surface area contributed by atoms with E-state index >= 15 is 0 Å². The number of benzene rings is 10. The highest BCUT2D eigenvalue weighted by Gasteiger charge is 2.72. The second kappa shape index (κ2) is 19.2. The van der Waals surface area contributed by atoms with Crippen LogP contribution in [0.3, 0.4) is 0 Å². The van der Waals surface area contributed by atoms with Gasteiger partial charge in [0.25, 0.3) is 0 Å². The lowest BCUT2D eigenvalue weighted by Gasteiger charge is -2.59. The van der Waals surface area contributed by atoms with Crippen molar-refractivity contribution in [2.75, 3.05) is 0 Å². The fourth-order valence-corrected chi connectivity index (χ4v) is 56.5. The summed E-state index contributed by atoms with van der Waals surface area (Å²) >= 11 is 0. The second-order valence-electron chi connectivity index (χ2n) is 17.4. The van der Waals surface area contributed by atoms with E-state index in [0.717, 1.165) is 16.7 Å². The quantitative estimate of drug-likeness (QED) is 0.0857. The van der Waals surface area contributed by atoms with Gasteiger partial charge in [0.2, 0.25) is 0 Å². The first kappa shape index (κ1) is 43.4. The molecule has 3 nitrogen and oxygen atoms in total. The van der Waals surface area contributed by atoms with Crippen molar-refractivity contribution in [3.05, 3.63) is 297 Å². The van der Waals surface area contributed by atoms with Crippen molar-refractivity contribution in [2.24, 2.45) is 0 Å². The maximum atomic E-state index is 5.21. The molecule has 6 heteroatoms. The van der Waals surface area contributed by atoms with Crippen molar-refractivity contribution < 1.29 is 0 Å². The molecule has 0 aliphatic carbocycles. The number of aromatic nitrogens is 3. The molecular weight excluding hydrogens is 883 g/mol. The van der Waals surface area contributed by atoms with Crippen molar-refractivity contribution >= 4 is 63.8 Å². The van der Waals surface area contributed by atoms with Crippen LogP contribution in [0.15, 0.2) is 297 Å². The summed E-state index contributed by atoms with van der Waals surface area (Å²) < 4.78 is 0. The summed E-state index contributed by atoms with van der Waals surface area (Å²) in [7, 11) is -10.4. The minimum absolute atomic E-state index is 0.636. The van der Waals surface area contributed by atoms with E-state index < -0.39 is 22.3 Å². The molecule has 11 rings (SSSR count). The first-order valence-corrected chi connectivity index (χ1v) is 31.6. The van der Waals surface area contributed by atoms with Crippen LogP contribution in [-0.4, -0.2) is 37.2 Å². The Morgan fingerprint density at radius 2 is 0.362 bits per heavy atom. The molecule has 10 aromatic carbocycles. The van der Waals surface area contributed by atoms with Gasteiger partial charge in [0, 0.05) is 16.7 Å². The van der Waals surface area contributed by atoms with Crippen LogP contribution in [0.25, 0.3) is 34.2 Å². The van der Waals surface area contributed by atoms with E-state index in [9.17, 15) is 0 Å². The van der Waals surface area contributed by atoms with Crippen LogP contribution < -0.4 is 41.5 Å². The standard InChI is InChI=1S/C63H49N3Si3/c1-10-28-50(29-11-1)61-64-62(51-30-12-2-13-31-51)66-63(65-61)52-46-48-58(49-47-52)68(56-38-20-6-21-39-56,57-40-22-7-23-41-57)69(59-42-24-8-25-43-59,60-44-26-9-27-45-60)67(53-32-14-3-15-33-53,54-34-16-4-17-35-54)55-36-18-5-19-37-55/h1-49H. The van der Waals surface area contributed by atoms with E-state index in [-0.39, 0.29) is 0 Å². The average Bonchev–Trinajstić information content (AvgIpc) is 3.45. The highest BCUT2D eigenvalue weighted by molar-refractivity contribution is 7.89. The van der Waals surface area contributed by atoms with Crippen molar-refractivity contribution in [1.29, 1.82) is 0 Å². The summed E-state index contributed by atoms with van der Waals surface area (Å²) in [5.74, 6) is 1.92. The molecule has 0 radical (unpaired) electrons. The monoisotopic (exact) mass is 931 g/mol. The Kier molecular flexibility index (Phi) is 12.1. The second-order valence-corrected chi connectivity index (χ2v) is 37.0. The van der Waals surface area contributed by atoms with Gasteiger partial charge in [-0.15, -0.1) is 0 Å². The highest BCUT2D eigenvalue weighted by atomic mass is 29.6. The van der Waals surface area contributed by atoms with Crippen LogP contribution in [0.1, 0.15) is 0 Å². The number of hydrogen-bond acceptors (Lipinski definition) is 3. The maximum absolute atomic E-state index is 5.21. The predicted octanol–water partition coefficient (Wildman–Crippen LogP) is 8.93. The molecule has 0 bridgehead atoms. The Morgan fingerprint density at radius 1 is 0.174 bits per heavy atom. The van der Waals surface area contributed by atoms with Crippen LogP contribution >= 0.6 is 0 Å². The largest absolute Gasteiger partial charge is 0.208 e. The molecule has 0 saturated carbocycles. The summed E-state index contributed by atoms with van der Waals surface area (Å²) in [6, 6.07) is 111. The molecule has 1 heterocycles. The zero-order chi connectivity index (χ0) is 46.4. The van der Waals surface area contributed by atoms with E-state index in [1.807, 2.05) is 36.4 Å². The fraction of sp³-hybridized carbons (Fsp3) is 0. The van der Waals surface area contributed by atoms with Crippen LogP contribution in [0.5, 0.6) is 0 Å². The molecule has 0 saturated heterocycles. The van der Waals surface area contributed by atoms with E-state index in [2.05, 4.69) is 261 Å². The third kappa shape index (κ3) is 7.46. The van der Waals surface area contributed by atoms with Crippen molar-refractivity contribution in [1.82, 2.24) is 15.0 Å². The van der Waals surface area contributed by atoms with Gasteiger partial charge in [-0.3, -0.25) is 0 Å². The summed E-state index contributed by atoms with van der Waals surface area (Å²) in [5.41, 5.74) is 2.82. The zero-order valence-electron chi connectivity index (χ0n) is 38.1. The van der Waals surface area contributed by atoms with Crippen molar-refractivity contribution in [2.45, 2.75) is 0 Å². The van der Waals surface area contributed by atoms with Crippen LogP contribution in [0.4, 0.5) is 0 Å². The Labute approximate surface area is 407 Å². The minimum Gasteiger partial charge on any atom is -0.208 e. The highest BCUT2D eigenvalue weighted by Crippen LogP contribution is 2.33. The molecular formula is C63H49N3Si3. The SMILES string of the molecule is c1ccc(-c2nc(-c3ccccc3)nc(-c3ccc([Si](c4ccccc4)(c4ccccc4)[Si](c4ccccc4)(c4ccccc4)[Si](c4ccccc4)(c4ccccc4)c4ccccc4)cc3)n2)cc1. The Balaban J connectivity index is 1.33. The summed E-state index contributed by atoms with van der Waals surface area (Å²) in [4.78, 5) is 15.5. The average molecular weight is 932 g/mol. The molecule has 11 aromatic rings. The molecule has 0 spiro atoms. The van der Waals surface area contributed by atoms with Gasteiger partial charge in [0.15, 0.2) is 17.5 Å². The molecule has 0 fully saturated rings. The van der Waals surface area contributed by atoms with Crippen LogP contribution in [-0.2, 0) is 0 Å². The molecule has 0 amide bonds. The molecule has 1 aromatic heterocycles. The van der Waals surface area contributed by atoms with Gasteiger partial charge in [-0.25, -0.2) is 15.0 Å². The third-order valence-corrected chi connectivity index (χ3v) is 47.9. The van der Waals surface area contributed by atoms with Crippen molar-refractivity contribution in [3.8, 4) is 34.2 Å². The van der Waals surface area contributed by atoms with Gasteiger partial charge in [-0.05, 0) is 0 Å². The molecule has 0 N–H and O–H groups in total. The molecule has 0 unspecified atom stereocenters. The van der Waals surface area contributed by atoms with Crippen LogP contribution in [0.2, 0.25) is 0 Å². The molecule has 0 atom stereocenters. The Morgan fingerprint density at radius 3 is 0.609 bits per heavy atom. The van der Waals surface area contributed by atoms with Crippen LogP contribution in [0, 0.1) is 0 Å². The Bertz CT molecular complexity index is 3160. The summed E-state index contributed by atoms with van der Waals surface area (Å²) in [5, 5.41) is 11.1.